The molecule has 0 saturated carbocycles. The second-order valence-electron chi connectivity index (χ2n) is 6.34. The number of fused-ring (bicyclic) bond motifs is 3. The van der Waals surface area contributed by atoms with Gasteiger partial charge in [0.25, 0.3) is 5.91 Å². The largest absolute Gasteiger partial charge is 0.387 e. The second kappa shape index (κ2) is 6.53. The first-order valence-electron chi connectivity index (χ1n) is 8.14. The number of para-hydroxylation sites is 1. The lowest BCUT2D eigenvalue weighted by Gasteiger charge is -2.49. The molecule has 4 nitrogen and oxygen atoms in total. The Morgan fingerprint density at radius 3 is 2.95 bits per heavy atom. The maximum atomic E-state index is 12.4. The molecule has 2 N–H and O–H groups in total. The topological polar surface area (TPSA) is 44.4 Å². The zero-order valence-electron chi connectivity index (χ0n) is 13.2. The third kappa shape index (κ3) is 2.88. The maximum absolute atomic E-state index is 12.4. The van der Waals surface area contributed by atoms with Crippen LogP contribution in [-0.2, 0) is 0 Å². The number of amides is 1. The first kappa shape index (κ1) is 15.1. The number of anilines is 1. The van der Waals surface area contributed by atoms with Crippen molar-refractivity contribution in [1.82, 2.24) is 10.2 Å². The van der Waals surface area contributed by atoms with Gasteiger partial charge in [-0.1, -0.05) is 18.2 Å². The van der Waals surface area contributed by atoms with Crippen molar-refractivity contribution in [2.24, 2.45) is 11.8 Å². The summed E-state index contributed by atoms with van der Waals surface area (Å²) in [6.07, 6.45) is 4.54. The highest BCUT2D eigenvalue weighted by molar-refractivity contribution is 5.99. The third-order valence-corrected chi connectivity index (χ3v) is 5.17. The predicted molar refractivity (Wildman–Crippen MR) is 90.1 cm³/mol. The van der Waals surface area contributed by atoms with Gasteiger partial charge in [0.05, 0.1) is 5.56 Å². The lowest BCUT2D eigenvalue weighted by molar-refractivity contribution is 0.0196. The molecule has 0 aliphatic carbocycles. The summed E-state index contributed by atoms with van der Waals surface area (Å²) >= 11 is 0. The van der Waals surface area contributed by atoms with Crippen LogP contribution in [0.2, 0.25) is 0 Å². The van der Waals surface area contributed by atoms with Crippen LogP contribution in [0.4, 0.5) is 5.69 Å². The summed E-state index contributed by atoms with van der Waals surface area (Å²) in [5, 5.41) is 6.19. The van der Waals surface area contributed by atoms with Gasteiger partial charge in [-0.15, -0.1) is 6.58 Å². The third-order valence-electron chi connectivity index (χ3n) is 5.17. The predicted octanol–water partition coefficient (Wildman–Crippen LogP) is 2.35. The number of hydrogen-bond acceptors (Lipinski definition) is 3. The van der Waals surface area contributed by atoms with Crippen LogP contribution in [0, 0.1) is 11.8 Å². The van der Waals surface area contributed by atoms with E-state index in [1.807, 2.05) is 31.3 Å². The van der Waals surface area contributed by atoms with Crippen molar-refractivity contribution in [1.29, 1.82) is 0 Å². The summed E-state index contributed by atoms with van der Waals surface area (Å²) in [7, 11) is 1.84. The lowest BCUT2D eigenvalue weighted by Crippen LogP contribution is -2.56. The fourth-order valence-corrected chi connectivity index (χ4v) is 3.86. The molecule has 4 atom stereocenters. The zero-order chi connectivity index (χ0) is 15.5. The Morgan fingerprint density at radius 2 is 2.27 bits per heavy atom. The molecule has 3 aliphatic heterocycles. The summed E-state index contributed by atoms with van der Waals surface area (Å²) in [5.74, 6) is 1.38. The average Bonchev–Trinajstić information content (AvgIpc) is 2.59. The molecule has 3 fully saturated rings. The molecule has 4 rings (SSSR count). The Morgan fingerprint density at radius 1 is 1.45 bits per heavy atom. The van der Waals surface area contributed by atoms with Crippen LogP contribution >= 0.6 is 0 Å². The van der Waals surface area contributed by atoms with Crippen LogP contribution in [0.25, 0.3) is 0 Å². The van der Waals surface area contributed by atoms with Crippen molar-refractivity contribution in [2.75, 3.05) is 32.0 Å². The standard InChI is InChI=1S/C18H25N3O/c1-3-13-12-21-9-8-14(13)10-15(21)11-20-18(22)16-6-4-5-7-17(16)19-2/h3-7,13-15,19H,1,8-12H2,2H3,(H,20,22)/t13-,14-,15-/m0/s1. The fourth-order valence-electron chi connectivity index (χ4n) is 3.86. The number of nitrogens with zero attached hydrogens (tertiary/aromatic N) is 1. The van der Waals surface area contributed by atoms with Gasteiger partial charge in [-0.2, -0.15) is 0 Å². The maximum Gasteiger partial charge on any atom is 0.253 e. The Labute approximate surface area is 132 Å². The summed E-state index contributed by atoms with van der Waals surface area (Å²) in [6, 6.07) is 8.10. The molecule has 0 spiro atoms. The number of nitrogens with one attached hydrogen (secondary N) is 2. The molecule has 22 heavy (non-hydrogen) atoms. The number of carbonyl (C=O) groups is 1. The Balaban J connectivity index is 1.59. The van der Waals surface area contributed by atoms with E-state index in [9.17, 15) is 4.79 Å². The zero-order valence-corrected chi connectivity index (χ0v) is 13.2. The van der Waals surface area contributed by atoms with E-state index < -0.39 is 0 Å². The van der Waals surface area contributed by atoms with Gasteiger partial charge in [0, 0.05) is 31.9 Å². The van der Waals surface area contributed by atoms with E-state index in [4.69, 9.17) is 0 Å². The summed E-state index contributed by atoms with van der Waals surface area (Å²) in [4.78, 5) is 14.9. The molecule has 2 bridgehead atoms. The Kier molecular flexibility index (Phi) is 4.48. The molecule has 4 heteroatoms. The molecule has 0 aromatic heterocycles. The van der Waals surface area contributed by atoms with E-state index in [-0.39, 0.29) is 5.91 Å². The number of hydrogen-bond donors (Lipinski definition) is 2. The van der Waals surface area contributed by atoms with Gasteiger partial charge in [-0.05, 0) is 43.4 Å². The van der Waals surface area contributed by atoms with E-state index >= 15 is 0 Å². The van der Waals surface area contributed by atoms with E-state index in [1.165, 1.54) is 12.8 Å². The van der Waals surface area contributed by atoms with Crippen LogP contribution in [0.3, 0.4) is 0 Å². The molecule has 3 heterocycles. The second-order valence-corrected chi connectivity index (χ2v) is 6.34. The number of benzene rings is 1. The van der Waals surface area contributed by atoms with Crippen molar-refractivity contribution in [3.8, 4) is 0 Å². The Hall–Kier alpha value is -1.81. The minimum atomic E-state index is 0.00728. The summed E-state index contributed by atoms with van der Waals surface area (Å²) in [5.41, 5.74) is 1.59. The van der Waals surface area contributed by atoms with Gasteiger partial charge in [0.15, 0.2) is 0 Å². The molecule has 0 radical (unpaired) electrons. The Bertz CT molecular complexity index is 557. The monoisotopic (exact) mass is 299 g/mol. The van der Waals surface area contributed by atoms with Crippen LogP contribution in [0.15, 0.2) is 36.9 Å². The first-order chi connectivity index (χ1) is 10.7. The minimum Gasteiger partial charge on any atom is -0.387 e. The fraction of sp³-hybridized carbons (Fsp3) is 0.500. The van der Waals surface area contributed by atoms with Crippen molar-refractivity contribution in [3.63, 3.8) is 0 Å². The number of carbonyl (C=O) groups excluding carboxylic acids is 1. The van der Waals surface area contributed by atoms with E-state index in [2.05, 4.69) is 28.2 Å². The highest BCUT2D eigenvalue weighted by Crippen LogP contribution is 2.36. The molecule has 1 aromatic rings. The number of rotatable bonds is 5. The lowest BCUT2D eigenvalue weighted by atomic mass is 9.75. The van der Waals surface area contributed by atoms with Crippen molar-refractivity contribution in [3.05, 3.63) is 42.5 Å². The average molecular weight is 299 g/mol. The van der Waals surface area contributed by atoms with Crippen molar-refractivity contribution >= 4 is 11.6 Å². The van der Waals surface area contributed by atoms with Crippen LogP contribution in [0.1, 0.15) is 23.2 Å². The number of piperidine rings is 3. The first-order valence-corrected chi connectivity index (χ1v) is 8.14. The molecular weight excluding hydrogens is 274 g/mol. The minimum absolute atomic E-state index is 0.00728. The highest BCUT2D eigenvalue weighted by atomic mass is 16.1. The van der Waals surface area contributed by atoms with Crippen LogP contribution < -0.4 is 10.6 Å². The van der Waals surface area contributed by atoms with E-state index in [0.29, 0.717) is 17.5 Å². The molecule has 3 aliphatic rings. The SMILES string of the molecule is C=C[C@H]1CN2CC[C@H]1C[C@H]2CNC(=O)c1ccccc1NC. The van der Waals surface area contributed by atoms with E-state index in [1.54, 1.807) is 0 Å². The molecule has 118 valence electrons. The van der Waals surface area contributed by atoms with Crippen molar-refractivity contribution < 1.29 is 4.79 Å². The van der Waals surface area contributed by atoms with Crippen molar-refractivity contribution in [2.45, 2.75) is 18.9 Å². The van der Waals surface area contributed by atoms with Gasteiger partial charge in [-0.25, -0.2) is 0 Å². The normalized spacial score (nSPS) is 29.9. The highest BCUT2D eigenvalue weighted by Gasteiger charge is 2.38. The van der Waals surface area contributed by atoms with Crippen LogP contribution in [0.5, 0.6) is 0 Å². The summed E-state index contributed by atoms with van der Waals surface area (Å²) < 4.78 is 0. The molecular formula is C18H25N3O. The van der Waals surface area contributed by atoms with Gasteiger partial charge in [0.1, 0.15) is 0 Å². The smallest absolute Gasteiger partial charge is 0.253 e. The molecule has 1 amide bonds. The summed E-state index contributed by atoms with van der Waals surface area (Å²) in [6.45, 7) is 6.95. The van der Waals surface area contributed by atoms with Gasteiger partial charge < -0.3 is 10.6 Å². The van der Waals surface area contributed by atoms with E-state index in [0.717, 1.165) is 31.2 Å². The molecule has 1 aromatic carbocycles. The quantitative estimate of drug-likeness (QED) is 0.820. The molecule has 1 unspecified atom stereocenters. The van der Waals surface area contributed by atoms with Gasteiger partial charge in [-0.3, -0.25) is 9.69 Å². The van der Waals surface area contributed by atoms with Gasteiger partial charge >= 0.3 is 0 Å². The molecule has 3 saturated heterocycles. The van der Waals surface area contributed by atoms with Gasteiger partial charge in [0.2, 0.25) is 0 Å². The van der Waals surface area contributed by atoms with Crippen LogP contribution in [-0.4, -0.2) is 43.5 Å².